The van der Waals surface area contributed by atoms with Gasteiger partial charge in [-0.1, -0.05) is 6.07 Å². The van der Waals surface area contributed by atoms with Crippen molar-refractivity contribution in [3.8, 4) is 11.6 Å². The van der Waals surface area contributed by atoms with Crippen LogP contribution in [0.2, 0.25) is 0 Å². The van der Waals surface area contributed by atoms with Crippen LogP contribution >= 0.6 is 11.7 Å². The van der Waals surface area contributed by atoms with E-state index in [9.17, 15) is 19.1 Å². The van der Waals surface area contributed by atoms with Gasteiger partial charge in [-0.05, 0) is 47.5 Å². The fraction of sp³-hybridized carbons (Fsp3) is 0.125. The van der Waals surface area contributed by atoms with Crippen molar-refractivity contribution in [1.29, 1.82) is 0 Å². The normalized spacial score (nSPS) is 11.7. The molecule has 4 aromatic rings. The number of halogens is 1. The number of fused-ring (bicyclic) bond motifs is 1. The third-order valence-corrected chi connectivity index (χ3v) is 5.69. The number of benzene rings is 2. The van der Waals surface area contributed by atoms with Gasteiger partial charge >= 0.3 is 5.97 Å². The van der Waals surface area contributed by atoms with Gasteiger partial charge in [0.25, 0.3) is 0 Å². The molecule has 0 aliphatic heterocycles. The molecule has 0 amide bonds. The van der Waals surface area contributed by atoms with E-state index in [0.717, 1.165) is 17.8 Å². The highest BCUT2D eigenvalue weighted by Crippen LogP contribution is 2.29. The minimum atomic E-state index is -1.30. The van der Waals surface area contributed by atoms with Crippen LogP contribution in [0.3, 0.4) is 0 Å². The second kappa shape index (κ2) is 9.75. The number of Topliss-reactive ketones (excluding diaryl/α,β-unsaturated/α-hetero) is 1. The Balaban J connectivity index is 1.91. The number of carboxylic acid groups (broad SMARTS) is 1. The van der Waals surface area contributed by atoms with Crippen molar-refractivity contribution in [2.24, 2.45) is 0 Å². The summed E-state index contributed by atoms with van der Waals surface area (Å²) in [6.45, 7) is 0. The molecule has 172 valence electrons. The summed E-state index contributed by atoms with van der Waals surface area (Å²) in [4.78, 5) is 30.1. The van der Waals surface area contributed by atoms with Crippen molar-refractivity contribution in [3.63, 3.8) is 0 Å². The molecule has 0 spiro atoms. The van der Waals surface area contributed by atoms with Gasteiger partial charge in [0.05, 0.1) is 31.5 Å². The zero-order chi connectivity index (χ0) is 24.2. The second-order valence-electron chi connectivity index (χ2n) is 7.19. The minimum Gasteiger partial charge on any atom is -0.494 e. The molecule has 0 atom stereocenters. The lowest BCUT2D eigenvalue weighted by molar-refractivity contribution is -0.130. The van der Waals surface area contributed by atoms with Gasteiger partial charge in [0.2, 0.25) is 5.88 Å². The van der Waals surface area contributed by atoms with Gasteiger partial charge in [0.1, 0.15) is 11.0 Å². The first kappa shape index (κ1) is 23.0. The van der Waals surface area contributed by atoms with Gasteiger partial charge in [-0.3, -0.25) is 4.79 Å². The largest absolute Gasteiger partial charge is 0.494 e. The maximum Gasteiger partial charge on any atom is 0.336 e. The first-order valence-corrected chi connectivity index (χ1v) is 10.7. The number of hydrogen-bond donors (Lipinski definition) is 1. The molecule has 8 nitrogen and oxygen atoms in total. The van der Waals surface area contributed by atoms with Gasteiger partial charge in [-0.25, -0.2) is 14.2 Å². The fourth-order valence-electron chi connectivity index (χ4n) is 3.50. The van der Waals surface area contributed by atoms with Crippen LogP contribution in [0.4, 0.5) is 4.39 Å². The monoisotopic (exact) mass is 479 g/mol. The van der Waals surface area contributed by atoms with Crippen molar-refractivity contribution in [2.75, 3.05) is 14.2 Å². The lowest BCUT2D eigenvalue weighted by Gasteiger charge is -2.14. The number of pyridine rings is 1. The van der Waals surface area contributed by atoms with E-state index in [-0.39, 0.29) is 34.4 Å². The third-order valence-electron chi connectivity index (χ3n) is 5.14. The van der Waals surface area contributed by atoms with Crippen LogP contribution in [0.1, 0.15) is 21.5 Å². The number of carbonyl (C=O) groups is 2. The molecule has 2 aromatic carbocycles. The lowest BCUT2D eigenvalue weighted by atomic mass is 9.89. The summed E-state index contributed by atoms with van der Waals surface area (Å²) >= 11 is 1.00. The van der Waals surface area contributed by atoms with Crippen LogP contribution < -0.4 is 9.47 Å². The first-order valence-electron chi connectivity index (χ1n) is 9.97. The summed E-state index contributed by atoms with van der Waals surface area (Å²) < 4.78 is 32.7. The van der Waals surface area contributed by atoms with E-state index in [2.05, 4.69) is 13.7 Å². The molecule has 1 N–H and O–H groups in total. The quantitative estimate of drug-likeness (QED) is 0.296. The molecule has 4 rings (SSSR count). The maximum atomic E-state index is 14.4. The highest BCUT2D eigenvalue weighted by Gasteiger charge is 2.25. The molecule has 0 fully saturated rings. The molecule has 0 unspecified atom stereocenters. The molecular weight excluding hydrogens is 461 g/mol. The average Bonchev–Trinajstić information content (AvgIpc) is 3.31. The van der Waals surface area contributed by atoms with Crippen LogP contribution in [0.5, 0.6) is 11.6 Å². The van der Waals surface area contributed by atoms with E-state index >= 15 is 0 Å². The highest BCUT2D eigenvalue weighted by atomic mass is 32.1. The van der Waals surface area contributed by atoms with Gasteiger partial charge in [0.15, 0.2) is 17.3 Å². The topological polar surface area (TPSA) is 112 Å². The fourth-order valence-corrected chi connectivity index (χ4v) is 4.02. The Morgan fingerprint density at radius 3 is 2.44 bits per heavy atom. The molecule has 0 saturated heterocycles. The number of rotatable bonds is 8. The number of ether oxygens (including phenoxy) is 2. The Hall–Kier alpha value is -4.18. The zero-order valence-electron chi connectivity index (χ0n) is 18.1. The van der Waals surface area contributed by atoms with Crippen LogP contribution in [-0.4, -0.2) is 44.8 Å². The average molecular weight is 479 g/mol. The molecule has 34 heavy (non-hydrogen) atoms. The van der Waals surface area contributed by atoms with Crippen molar-refractivity contribution in [3.05, 3.63) is 82.8 Å². The van der Waals surface area contributed by atoms with Crippen molar-refractivity contribution in [1.82, 2.24) is 13.7 Å². The Bertz CT molecular complexity index is 1430. The summed E-state index contributed by atoms with van der Waals surface area (Å²) in [5.74, 6) is -2.38. The van der Waals surface area contributed by atoms with E-state index in [0.29, 0.717) is 22.5 Å². The molecule has 0 saturated carbocycles. The molecule has 10 heteroatoms. The summed E-state index contributed by atoms with van der Waals surface area (Å²) in [5, 5.41) is 10.2. The number of nitrogens with zero attached hydrogens (tertiary/aromatic N) is 3. The molecule has 0 aliphatic rings. The number of aliphatic carboxylic acids is 1. The number of aromatic nitrogens is 3. The Labute approximate surface area is 197 Å². The van der Waals surface area contributed by atoms with Crippen LogP contribution in [0.25, 0.3) is 16.6 Å². The predicted octanol–water partition coefficient (Wildman–Crippen LogP) is 4.21. The number of allylic oxidation sites excluding steroid dienone is 1. The molecule has 0 bridgehead atoms. The van der Waals surface area contributed by atoms with Gasteiger partial charge in [0, 0.05) is 29.8 Å². The Morgan fingerprint density at radius 1 is 0.971 bits per heavy atom. The van der Waals surface area contributed by atoms with Crippen molar-refractivity contribution >= 4 is 40.1 Å². The third kappa shape index (κ3) is 4.62. The summed E-state index contributed by atoms with van der Waals surface area (Å²) in [7, 11) is 2.77. The smallest absolute Gasteiger partial charge is 0.336 e. The predicted molar refractivity (Wildman–Crippen MR) is 124 cm³/mol. The van der Waals surface area contributed by atoms with E-state index in [4.69, 9.17) is 9.47 Å². The Kier molecular flexibility index (Phi) is 6.60. The number of ketones is 1. The first-order chi connectivity index (χ1) is 16.4. The summed E-state index contributed by atoms with van der Waals surface area (Å²) in [6.07, 6.45) is 1.44. The number of carboxylic acids is 1. The van der Waals surface area contributed by atoms with E-state index in [1.54, 1.807) is 30.3 Å². The van der Waals surface area contributed by atoms with Crippen LogP contribution in [-0.2, 0) is 11.2 Å². The van der Waals surface area contributed by atoms with Crippen LogP contribution in [0.15, 0.2) is 60.3 Å². The maximum absolute atomic E-state index is 14.4. The number of hydrogen-bond acceptors (Lipinski definition) is 8. The van der Waals surface area contributed by atoms with Gasteiger partial charge < -0.3 is 14.6 Å². The molecule has 0 aliphatic carbocycles. The van der Waals surface area contributed by atoms with Crippen LogP contribution in [0, 0.1) is 5.82 Å². The van der Waals surface area contributed by atoms with Crippen molar-refractivity contribution < 1.29 is 28.6 Å². The summed E-state index contributed by atoms with van der Waals surface area (Å²) in [6, 6.07) is 11.8. The molecule has 0 radical (unpaired) electrons. The summed E-state index contributed by atoms with van der Waals surface area (Å²) in [5.41, 5.74) is 1.74. The number of methoxy groups -OCH3 is 2. The molecule has 2 heterocycles. The van der Waals surface area contributed by atoms with E-state index in [1.165, 1.54) is 32.5 Å². The minimum absolute atomic E-state index is 0.00975. The number of carbonyl (C=O) groups excluding carboxylic acids is 1. The zero-order valence-corrected chi connectivity index (χ0v) is 18.9. The second-order valence-corrected chi connectivity index (χ2v) is 7.72. The SMILES string of the molecule is COc1cc(CC(C(=O)c2ccc(OC)c(F)c2)=C(C(=O)O)c2ccc3nsnc3c2)ccn1. The van der Waals surface area contributed by atoms with Gasteiger partial charge in [-0.15, -0.1) is 0 Å². The lowest BCUT2D eigenvalue weighted by Crippen LogP contribution is -2.14. The molecular formula is C24H18FN3O5S. The van der Waals surface area contributed by atoms with Gasteiger partial charge in [-0.2, -0.15) is 8.75 Å². The van der Waals surface area contributed by atoms with E-state index < -0.39 is 17.6 Å². The standard InChI is InChI=1S/C24H18FN3O5S/c1-32-20-6-4-15(11-17(20)25)23(29)16(9-13-7-8-26-21(10-13)33-2)22(24(30)31)14-3-5-18-19(12-14)28-34-27-18/h3-8,10-12H,9H2,1-2H3,(H,30,31). The van der Waals surface area contributed by atoms with Crippen molar-refractivity contribution in [2.45, 2.75) is 6.42 Å². The highest BCUT2D eigenvalue weighted by molar-refractivity contribution is 7.00. The molecule has 2 aromatic heterocycles. The Morgan fingerprint density at radius 2 is 1.74 bits per heavy atom. The van der Waals surface area contributed by atoms with E-state index in [1.807, 2.05) is 0 Å².